The van der Waals surface area contributed by atoms with Gasteiger partial charge in [0.2, 0.25) is 10.0 Å². The van der Waals surface area contributed by atoms with Gasteiger partial charge < -0.3 is 0 Å². The van der Waals surface area contributed by atoms with Gasteiger partial charge in [-0.05, 0) is 34.5 Å². The van der Waals surface area contributed by atoms with E-state index in [1.807, 2.05) is 0 Å². The van der Waals surface area contributed by atoms with Crippen LogP contribution in [0.15, 0.2) is 21.5 Å². The minimum atomic E-state index is -4.98. The number of halogens is 7. The lowest BCUT2D eigenvalue weighted by atomic mass is 10.2. The van der Waals surface area contributed by atoms with Crippen LogP contribution in [0.2, 0.25) is 0 Å². The molecule has 0 saturated carbocycles. The van der Waals surface area contributed by atoms with E-state index in [0.717, 1.165) is 13.0 Å². The van der Waals surface area contributed by atoms with Gasteiger partial charge in [0.1, 0.15) is 11.9 Å². The summed E-state index contributed by atoms with van der Waals surface area (Å²) in [6, 6.07) is -1.03. The predicted molar refractivity (Wildman–Crippen MR) is 69.5 cm³/mol. The van der Waals surface area contributed by atoms with Crippen LogP contribution >= 0.6 is 15.9 Å². The predicted octanol–water partition coefficient (Wildman–Crippen LogP) is 4.15. The van der Waals surface area contributed by atoms with Crippen LogP contribution in [-0.2, 0) is 10.0 Å². The number of rotatable bonds is 5. The molecule has 1 unspecified atom stereocenters. The molecule has 0 spiro atoms. The van der Waals surface area contributed by atoms with Crippen LogP contribution in [0, 0.1) is 5.82 Å². The molecule has 0 aromatic heterocycles. The summed E-state index contributed by atoms with van der Waals surface area (Å²) in [4.78, 5) is -1.23. The summed E-state index contributed by atoms with van der Waals surface area (Å²) in [5.41, 5.74) is -1.49. The van der Waals surface area contributed by atoms with Crippen molar-refractivity contribution >= 4 is 26.0 Å². The number of benzene rings is 1. The number of nitrogens with one attached hydrogen (secondary N) is 1. The number of alkyl halides is 5. The van der Waals surface area contributed by atoms with E-state index in [1.165, 1.54) is 4.72 Å². The Hall–Kier alpha value is -0.810. The fourth-order valence-electron chi connectivity index (χ4n) is 1.62. The first kappa shape index (κ1) is 19.2. The highest BCUT2D eigenvalue weighted by molar-refractivity contribution is 9.10. The molecule has 0 fully saturated rings. The van der Waals surface area contributed by atoms with Crippen LogP contribution in [0.3, 0.4) is 0 Å². The van der Waals surface area contributed by atoms with Crippen LogP contribution in [0.1, 0.15) is 25.3 Å². The van der Waals surface area contributed by atoms with Gasteiger partial charge in [-0.2, -0.15) is 17.9 Å². The molecule has 1 aromatic rings. The molecule has 1 atom stereocenters. The summed E-state index contributed by atoms with van der Waals surface area (Å²) in [7, 11) is -4.98. The van der Waals surface area contributed by atoms with Crippen molar-refractivity contribution in [3.63, 3.8) is 0 Å². The second-order valence-electron chi connectivity index (χ2n) is 4.20. The molecule has 3 nitrogen and oxygen atoms in total. The van der Waals surface area contributed by atoms with Gasteiger partial charge >= 0.3 is 6.18 Å². The average molecular weight is 414 g/mol. The second kappa shape index (κ2) is 6.75. The second-order valence-corrected chi connectivity index (χ2v) is 6.73. The maximum atomic E-state index is 13.7. The number of sulfonamides is 1. The van der Waals surface area contributed by atoms with Gasteiger partial charge in [0.05, 0.1) is 14.9 Å². The minimum Gasteiger partial charge on any atom is -0.207 e. The third kappa shape index (κ3) is 4.13. The first-order valence-corrected chi connectivity index (χ1v) is 8.04. The van der Waals surface area contributed by atoms with Crippen molar-refractivity contribution in [1.82, 2.24) is 4.72 Å². The Morgan fingerprint density at radius 1 is 1.27 bits per heavy atom. The van der Waals surface area contributed by atoms with Gasteiger partial charge in [0, 0.05) is 0 Å². The molecule has 11 heteroatoms. The summed E-state index contributed by atoms with van der Waals surface area (Å²) in [5.74, 6) is -1.54. The van der Waals surface area contributed by atoms with Gasteiger partial charge in [-0.1, -0.05) is 6.92 Å². The lowest BCUT2D eigenvalue weighted by molar-refractivity contribution is -0.151. The Labute approximate surface area is 130 Å². The maximum Gasteiger partial charge on any atom is 0.404 e. The summed E-state index contributed by atoms with van der Waals surface area (Å²) in [5, 5.41) is 0. The van der Waals surface area contributed by atoms with E-state index in [-0.39, 0.29) is 0 Å². The van der Waals surface area contributed by atoms with Crippen molar-refractivity contribution in [3.05, 3.63) is 28.0 Å². The zero-order chi connectivity index (χ0) is 17.3. The molecule has 0 saturated heterocycles. The smallest absolute Gasteiger partial charge is 0.207 e. The topological polar surface area (TPSA) is 46.2 Å². The van der Waals surface area contributed by atoms with E-state index in [1.54, 1.807) is 0 Å². The lowest BCUT2D eigenvalue weighted by Gasteiger charge is -2.21. The highest BCUT2D eigenvalue weighted by Gasteiger charge is 2.42. The molecule has 0 aliphatic carbocycles. The van der Waals surface area contributed by atoms with Crippen molar-refractivity contribution in [1.29, 1.82) is 0 Å². The monoisotopic (exact) mass is 413 g/mol. The summed E-state index contributed by atoms with van der Waals surface area (Å²) >= 11 is 2.61. The largest absolute Gasteiger partial charge is 0.404 e. The summed E-state index contributed by atoms with van der Waals surface area (Å²) in [6.07, 6.45) is -9.07. The third-order valence-corrected chi connectivity index (χ3v) is 4.84. The van der Waals surface area contributed by atoms with E-state index in [4.69, 9.17) is 0 Å². The Morgan fingerprint density at radius 2 is 1.82 bits per heavy atom. The molecular formula is C11H10BrF6NO2S. The molecule has 1 rings (SSSR count). The number of hydrogen-bond acceptors (Lipinski definition) is 2. The van der Waals surface area contributed by atoms with Crippen LogP contribution < -0.4 is 4.72 Å². The fourth-order valence-corrected chi connectivity index (χ4v) is 3.48. The van der Waals surface area contributed by atoms with Gasteiger partial charge in [-0.25, -0.2) is 21.6 Å². The molecule has 0 heterocycles. The van der Waals surface area contributed by atoms with Gasteiger partial charge in [-0.15, -0.1) is 0 Å². The molecule has 1 N–H and O–H groups in total. The van der Waals surface area contributed by atoms with Crippen molar-refractivity contribution in [3.8, 4) is 0 Å². The molecule has 0 amide bonds. The quantitative estimate of drug-likeness (QED) is 0.737. The molecule has 0 radical (unpaired) electrons. The minimum absolute atomic E-state index is 0.426. The van der Waals surface area contributed by atoms with Gasteiger partial charge in [-0.3, -0.25) is 0 Å². The van der Waals surface area contributed by atoms with Crippen molar-refractivity contribution in [2.75, 3.05) is 0 Å². The van der Waals surface area contributed by atoms with E-state index in [0.29, 0.717) is 6.07 Å². The standard InChI is InChI=1S/C11H10BrF6NO2S/c1-2-7(11(16,17)18)19-22(20,21)6-4-3-5(12)9(13)8(6)10(14)15/h3-4,7,10,19H,2H2,1H3. The average Bonchev–Trinajstić information content (AvgIpc) is 2.37. The third-order valence-electron chi connectivity index (χ3n) is 2.70. The van der Waals surface area contributed by atoms with E-state index >= 15 is 0 Å². The van der Waals surface area contributed by atoms with E-state index in [9.17, 15) is 34.8 Å². The first-order chi connectivity index (χ1) is 9.91. The van der Waals surface area contributed by atoms with E-state index < -0.39 is 55.8 Å². The molecule has 0 bridgehead atoms. The van der Waals surface area contributed by atoms with Crippen LogP contribution in [0.4, 0.5) is 26.3 Å². The Morgan fingerprint density at radius 3 is 2.23 bits per heavy atom. The van der Waals surface area contributed by atoms with Crippen molar-refractivity contribution in [2.24, 2.45) is 0 Å². The van der Waals surface area contributed by atoms with Gasteiger partial charge in [0.25, 0.3) is 6.43 Å². The van der Waals surface area contributed by atoms with Crippen LogP contribution in [0.5, 0.6) is 0 Å². The van der Waals surface area contributed by atoms with Crippen molar-refractivity contribution in [2.45, 2.75) is 36.9 Å². The Bertz CT molecular complexity index is 647. The Kier molecular flexibility index (Phi) is 5.90. The Balaban J connectivity index is 3.38. The highest BCUT2D eigenvalue weighted by Crippen LogP contribution is 2.34. The highest BCUT2D eigenvalue weighted by atomic mass is 79.9. The summed E-state index contributed by atoms with van der Waals surface area (Å²) in [6.45, 7) is 1.07. The molecule has 1 aromatic carbocycles. The molecule has 126 valence electrons. The fraction of sp³-hybridized carbons (Fsp3) is 0.455. The zero-order valence-corrected chi connectivity index (χ0v) is 13.3. The molecule has 0 aliphatic heterocycles. The maximum absolute atomic E-state index is 13.7. The summed E-state index contributed by atoms with van der Waals surface area (Å²) < 4.78 is 102. The zero-order valence-electron chi connectivity index (χ0n) is 10.9. The van der Waals surface area contributed by atoms with Crippen LogP contribution in [0.25, 0.3) is 0 Å². The lowest BCUT2D eigenvalue weighted by Crippen LogP contribution is -2.45. The van der Waals surface area contributed by atoms with E-state index in [2.05, 4.69) is 15.9 Å². The molecular weight excluding hydrogens is 404 g/mol. The first-order valence-electron chi connectivity index (χ1n) is 5.76. The normalized spacial score (nSPS) is 14.4. The molecule has 0 aliphatic rings. The SMILES string of the molecule is CCC(NS(=O)(=O)c1ccc(Br)c(F)c1C(F)F)C(F)(F)F. The van der Waals surface area contributed by atoms with Gasteiger partial charge in [0.15, 0.2) is 0 Å². The van der Waals surface area contributed by atoms with Crippen LogP contribution in [-0.4, -0.2) is 20.6 Å². The molecule has 22 heavy (non-hydrogen) atoms. The number of hydrogen-bond donors (Lipinski definition) is 1. The van der Waals surface area contributed by atoms with Crippen molar-refractivity contribution < 1.29 is 34.8 Å².